The van der Waals surface area contributed by atoms with Crippen molar-refractivity contribution in [2.75, 3.05) is 18.9 Å². The number of halogens is 2. The molecule has 2 N–H and O–H groups in total. The van der Waals surface area contributed by atoms with Gasteiger partial charge in [0.2, 0.25) is 5.91 Å². The van der Waals surface area contributed by atoms with Gasteiger partial charge in [0.05, 0.1) is 11.1 Å². The van der Waals surface area contributed by atoms with Gasteiger partial charge in [-0.1, -0.05) is 18.5 Å². The van der Waals surface area contributed by atoms with Crippen LogP contribution in [0.25, 0.3) is 0 Å². The third kappa shape index (κ3) is 5.34. The van der Waals surface area contributed by atoms with Gasteiger partial charge >= 0.3 is 0 Å². The second-order valence-electron chi connectivity index (χ2n) is 5.62. The Morgan fingerprint density at radius 2 is 2.09 bits per heavy atom. The zero-order chi connectivity index (χ0) is 15.2. The topological polar surface area (TPSA) is 50.4 Å². The van der Waals surface area contributed by atoms with Crippen molar-refractivity contribution in [3.05, 3.63) is 23.2 Å². The highest BCUT2D eigenvalue weighted by Gasteiger charge is 2.18. The van der Waals surface area contributed by atoms with Crippen molar-refractivity contribution in [2.24, 2.45) is 5.92 Å². The van der Waals surface area contributed by atoms with Crippen LogP contribution in [0, 0.1) is 5.92 Å². The highest BCUT2D eigenvalue weighted by Crippen LogP contribution is 2.31. The summed E-state index contributed by atoms with van der Waals surface area (Å²) in [6.45, 7) is 2.52. The predicted octanol–water partition coefficient (Wildman–Crippen LogP) is 3.88. The molecule has 1 fully saturated rings. The monoisotopic (exact) mass is 346 g/mol. The fourth-order valence-electron chi connectivity index (χ4n) is 2.52. The Morgan fingerprint density at radius 3 is 2.68 bits per heavy atom. The van der Waals surface area contributed by atoms with E-state index in [1.54, 1.807) is 6.07 Å². The molecule has 6 heteroatoms. The second-order valence-corrected chi connectivity index (χ2v) is 6.02. The van der Waals surface area contributed by atoms with Crippen molar-refractivity contribution in [3.63, 3.8) is 0 Å². The summed E-state index contributed by atoms with van der Waals surface area (Å²) < 4.78 is 5.90. The van der Waals surface area contributed by atoms with E-state index < -0.39 is 0 Å². The molecule has 0 aromatic heterocycles. The number of ether oxygens (including phenoxy) is 1. The van der Waals surface area contributed by atoms with Crippen LogP contribution in [0.4, 0.5) is 5.69 Å². The number of benzene rings is 1. The Morgan fingerprint density at radius 1 is 1.41 bits per heavy atom. The maximum absolute atomic E-state index is 12.0. The van der Waals surface area contributed by atoms with Gasteiger partial charge in [-0.25, -0.2) is 0 Å². The first kappa shape index (κ1) is 19.1. The molecule has 4 nitrogen and oxygen atoms in total. The molecule has 1 saturated carbocycles. The van der Waals surface area contributed by atoms with Crippen LogP contribution in [0.2, 0.25) is 5.02 Å². The quantitative estimate of drug-likeness (QED) is 0.821. The van der Waals surface area contributed by atoms with Gasteiger partial charge < -0.3 is 15.4 Å². The van der Waals surface area contributed by atoms with Crippen LogP contribution >= 0.6 is 24.0 Å². The lowest BCUT2D eigenvalue weighted by Gasteiger charge is -2.16. The van der Waals surface area contributed by atoms with E-state index in [0.717, 1.165) is 12.8 Å². The third-order valence-electron chi connectivity index (χ3n) is 3.75. The van der Waals surface area contributed by atoms with E-state index in [1.165, 1.54) is 12.8 Å². The molecule has 1 aromatic rings. The number of carbonyl (C=O) groups excluding carboxylic acids is 1. The Labute approximate surface area is 143 Å². The first-order valence-corrected chi connectivity index (χ1v) is 7.89. The molecule has 0 saturated heterocycles. The first-order valence-electron chi connectivity index (χ1n) is 7.52. The minimum absolute atomic E-state index is 0. The molecule has 0 heterocycles. The van der Waals surface area contributed by atoms with Crippen molar-refractivity contribution in [2.45, 2.75) is 38.7 Å². The summed E-state index contributed by atoms with van der Waals surface area (Å²) >= 11 is 6.24. The highest BCUT2D eigenvalue weighted by atomic mass is 35.5. The van der Waals surface area contributed by atoms with Crippen LogP contribution < -0.4 is 15.4 Å². The number of anilines is 1. The SMILES string of the molecule is CNCC(C)C(=O)Nc1ccc(OC2CCCC2)c(Cl)c1.Cl. The Hall–Kier alpha value is -0.970. The molecule has 1 aliphatic carbocycles. The molecular formula is C16H24Cl2N2O2. The van der Waals surface area contributed by atoms with Crippen molar-refractivity contribution in [1.82, 2.24) is 5.32 Å². The van der Waals surface area contributed by atoms with Gasteiger partial charge in [-0.3, -0.25) is 4.79 Å². The van der Waals surface area contributed by atoms with E-state index in [2.05, 4.69) is 10.6 Å². The molecule has 1 unspecified atom stereocenters. The second kappa shape index (κ2) is 9.23. The smallest absolute Gasteiger partial charge is 0.228 e. The summed E-state index contributed by atoms with van der Waals surface area (Å²) in [5.41, 5.74) is 0.701. The molecule has 1 aromatic carbocycles. The summed E-state index contributed by atoms with van der Waals surface area (Å²) in [6.07, 6.45) is 4.91. The lowest BCUT2D eigenvalue weighted by Crippen LogP contribution is -2.28. The van der Waals surface area contributed by atoms with Crippen molar-refractivity contribution < 1.29 is 9.53 Å². The summed E-state index contributed by atoms with van der Waals surface area (Å²) in [5, 5.41) is 6.40. The summed E-state index contributed by atoms with van der Waals surface area (Å²) in [4.78, 5) is 12.0. The third-order valence-corrected chi connectivity index (χ3v) is 4.05. The first-order chi connectivity index (χ1) is 10.1. The summed E-state index contributed by atoms with van der Waals surface area (Å²) in [7, 11) is 1.83. The van der Waals surface area contributed by atoms with Gasteiger partial charge in [0.1, 0.15) is 5.75 Å². The minimum Gasteiger partial charge on any atom is -0.489 e. The van der Waals surface area contributed by atoms with Gasteiger partial charge in [-0.05, 0) is 50.9 Å². The zero-order valence-corrected chi connectivity index (χ0v) is 14.6. The Bertz CT molecular complexity index is 491. The molecule has 22 heavy (non-hydrogen) atoms. The molecule has 124 valence electrons. The van der Waals surface area contributed by atoms with Gasteiger partial charge in [-0.15, -0.1) is 12.4 Å². The van der Waals surface area contributed by atoms with E-state index >= 15 is 0 Å². The lowest BCUT2D eigenvalue weighted by molar-refractivity contribution is -0.119. The van der Waals surface area contributed by atoms with Crippen LogP contribution in [0.5, 0.6) is 5.75 Å². The molecule has 0 radical (unpaired) electrons. The molecule has 1 atom stereocenters. The number of nitrogens with one attached hydrogen (secondary N) is 2. The van der Waals surface area contributed by atoms with Crippen molar-refractivity contribution in [3.8, 4) is 5.75 Å². The van der Waals surface area contributed by atoms with E-state index in [1.807, 2.05) is 26.1 Å². The average Bonchev–Trinajstić information content (AvgIpc) is 2.95. The largest absolute Gasteiger partial charge is 0.489 e. The summed E-state index contributed by atoms with van der Waals surface area (Å²) in [5.74, 6) is 0.581. The number of carbonyl (C=O) groups is 1. The maximum Gasteiger partial charge on any atom is 0.228 e. The van der Waals surface area contributed by atoms with Gasteiger partial charge in [0.15, 0.2) is 0 Å². The average molecular weight is 347 g/mol. The van der Waals surface area contributed by atoms with Crippen LogP contribution in [0.3, 0.4) is 0 Å². The minimum atomic E-state index is -0.0943. The van der Waals surface area contributed by atoms with Crippen LogP contribution in [-0.4, -0.2) is 25.6 Å². The number of rotatable bonds is 6. The number of hydrogen-bond acceptors (Lipinski definition) is 3. The molecule has 0 aliphatic heterocycles. The molecular weight excluding hydrogens is 323 g/mol. The Kier molecular flexibility index (Phi) is 8.01. The van der Waals surface area contributed by atoms with Gasteiger partial charge in [-0.2, -0.15) is 0 Å². The lowest BCUT2D eigenvalue weighted by atomic mass is 10.1. The van der Waals surface area contributed by atoms with E-state index in [-0.39, 0.29) is 30.3 Å². The van der Waals surface area contributed by atoms with Crippen LogP contribution in [0.15, 0.2) is 18.2 Å². The summed E-state index contributed by atoms with van der Waals surface area (Å²) in [6, 6.07) is 5.41. The van der Waals surface area contributed by atoms with E-state index in [4.69, 9.17) is 16.3 Å². The number of amides is 1. The Balaban J connectivity index is 0.00000242. The maximum atomic E-state index is 12.0. The van der Waals surface area contributed by atoms with E-state index in [9.17, 15) is 4.79 Å². The van der Waals surface area contributed by atoms with Crippen molar-refractivity contribution in [1.29, 1.82) is 0 Å². The molecule has 2 rings (SSSR count). The van der Waals surface area contributed by atoms with E-state index in [0.29, 0.717) is 23.0 Å². The van der Waals surface area contributed by atoms with Crippen LogP contribution in [0.1, 0.15) is 32.6 Å². The number of hydrogen-bond donors (Lipinski definition) is 2. The van der Waals surface area contributed by atoms with Gasteiger partial charge in [0.25, 0.3) is 0 Å². The predicted molar refractivity (Wildman–Crippen MR) is 93.3 cm³/mol. The normalized spacial score (nSPS) is 16.0. The highest BCUT2D eigenvalue weighted by molar-refractivity contribution is 6.32. The molecule has 0 spiro atoms. The standard InChI is InChI=1S/C16H23ClN2O2.ClH/c1-11(10-18-2)16(20)19-12-7-8-15(14(17)9-12)21-13-5-3-4-6-13;/h7-9,11,13,18H,3-6,10H2,1-2H3,(H,19,20);1H. The fraction of sp³-hybridized carbons (Fsp3) is 0.562. The fourth-order valence-corrected chi connectivity index (χ4v) is 2.75. The zero-order valence-electron chi connectivity index (χ0n) is 13.0. The molecule has 0 bridgehead atoms. The molecule has 1 amide bonds. The molecule has 1 aliphatic rings. The van der Waals surface area contributed by atoms with Crippen LogP contribution in [-0.2, 0) is 4.79 Å². The van der Waals surface area contributed by atoms with Gasteiger partial charge in [0, 0.05) is 18.2 Å². The van der Waals surface area contributed by atoms with Crippen molar-refractivity contribution >= 4 is 35.6 Å².